The van der Waals surface area contributed by atoms with Gasteiger partial charge in [0.2, 0.25) is 0 Å². The van der Waals surface area contributed by atoms with Gasteiger partial charge in [-0.3, -0.25) is 4.79 Å². The fourth-order valence-electron chi connectivity index (χ4n) is 3.56. The number of rotatable bonds is 3. The molecule has 3 nitrogen and oxygen atoms in total. The average molecular weight is 380 g/mol. The molecule has 1 amide bonds. The van der Waals surface area contributed by atoms with Gasteiger partial charge in [0, 0.05) is 18.7 Å². The monoisotopic (exact) mass is 380 g/mol. The number of carbonyl (C=O) groups is 1. The number of halogens is 1. The van der Waals surface area contributed by atoms with Crippen LogP contribution >= 0.6 is 11.3 Å². The molecule has 4 rings (SSSR count). The Morgan fingerprint density at radius 2 is 1.96 bits per heavy atom. The van der Waals surface area contributed by atoms with Gasteiger partial charge in [0.05, 0.1) is 10.7 Å². The van der Waals surface area contributed by atoms with E-state index in [0.717, 1.165) is 41.3 Å². The van der Waals surface area contributed by atoms with E-state index < -0.39 is 0 Å². The highest BCUT2D eigenvalue weighted by Crippen LogP contribution is 2.31. The van der Waals surface area contributed by atoms with E-state index in [1.165, 1.54) is 34.6 Å². The fourth-order valence-corrected chi connectivity index (χ4v) is 4.61. The van der Waals surface area contributed by atoms with Crippen LogP contribution in [0.15, 0.2) is 42.5 Å². The third kappa shape index (κ3) is 3.65. The molecule has 2 heterocycles. The first-order valence-electron chi connectivity index (χ1n) is 9.13. The van der Waals surface area contributed by atoms with Crippen molar-refractivity contribution in [3.8, 4) is 0 Å². The summed E-state index contributed by atoms with van der Waals surface area (Å²) in [6.45, 7) is 4.70. The molecule has 1 aromatic heterocycles. The second kappa shape index (κ2) is 7.24. The lowest BCUT2D eigenvalue weighted by molar-refractivity contribution is 0.0988. The highest BCUT2D eigenvalue weighted by atomic mass is 32.1. The van der Waals surface area contributed by atoms with Gasteiger partial charge in [0.15, 0.2) is 0 Å². The van der Waals surface area contributed by atoms with Crippen LogP contribution in [0.1, 0.15) is 43.5 Å². The number of fused-ring (bicyclic) bond motifs is 1. The third-order valence-electron chi connectivity index (χ3n) is 4.90. The SMILES string of the molecule is Cc1ccc2c(c1)CCCN2C(=O)c1sc(Cc2ccc(F)cc2)nc1C. The Kier molecular flexibility index (Phi) is 4.79. The first kappa shape index (κ1) is 17.9. The Hall–Kier alpha value is -2.53. The summed E-state index contributed by atoms with van der Waals surface area (Å²) in [4.78, 5) is 20.4. The Labute approximate surface area is 162 Å². The zero-order valence-corrected chi connectivity index (χ0v) is 16.3. The Balaban J connectivity index is 1.60. The second-order valence-electron chi connectivity index (χ2n) is 7.02. The van der Waals surface area contributed by atoms with Crippen molar-refractivity contribution in [2.75, 3.05) is 11.4 Å². The molecule has 5 heteroatoms. The van der Waals surface area contributed by atoms with Crippen molar-refractivity contribution in [2.45, 2.75) is 33.1 Å². The van der Waals surface area contributed by atoms with E-state index in [2.05, 4.69) is 30.1 Å². The van der Waals surface area contributed by atoms with Gasteiger partial charge in [0.1, 0.15) is 10.7 Å². The van der Waals surface area contributed by atoms with E-state index in [1.54, 1.807) is 12.1 Å². The maximum Gasteiger partial charge on any atom is 0.270 e. The van der Waals surface area contributed by atoms with E-state index in [1.807, 2.05) is 11.8 Å². The van der Waals surface area contributed by atoms with Gasteiger partial charge in [-0.15, -0.1) is 11.3 Å². The minimum atomic E-state index is -0.246. The largest absolute Gasteiger partial charge is 0.307 e. The predicted molar refractivity (Wildman–Crippen MR) is 107 cm³/mol. The summed E-state index contributed by atoms with van der Waals surface area (Å²) in [5, 5.41) is 0.878. The van der Waals surface area contributed by atoms with Crippen LogP contribution in [0.2, 0.25) is 0 Å². The van der Waals surface area contributed by atoms with Gasteiger partial charge in [0.25, 0.3) is 5.91 Å². The van der Waals surface area contributed by atoms with E-state index >= 15 is 0 Å². The smallest absolute Gasteiger partial charge is 0.270 e. The molecule has 138 valence electrons. The maximum atomic E-state index is 13.2. The molecule has 1 aliphatic heterocycles. The Bertz CT molecular complexity index is 994. The number of hydrogen-bond donors (Lipinski definition) is 0. The molecule has 0 saturated carbocycles. The quantitative estimate of drug-likeness (QED) is 0.635. The van der Waals surface area contributed by atoms with Gasteiger partial charge < -0.3 is 4.90 Å². The summed E-state index contributed by atoms with van der Waals surface area (Å²) < 4.78 is 13.1. The van der Waals surface area contributed by atoms with Gasteiger partial charge >= 0.3 is 0 Å². The van der Waals surface area contributed by atoms with Crippen molar-refractivity contribution in [3.63, 3.8) is 0 Å². The summed E-state index contributed by atoms with van der Waals surface area (Å²) in [5.41, 5.74) is 5.23. The first-order valence-corrected chi connectivity index (χ1v) is 9.95. The van der Waals surface area contributed by atoms with Gasteiger partial charge in [-0.1, -0.05) is 29.8 Å². The number of thiazole rings is 1. The number of nitrogens with zero attached hydrogens (tertiary/aromatic N) is 2. The van der Waals surface area contributed by atoms with Gasteiger partial charge in [-0.05, 0) is 56.0 Å². The molecule has 0 radical (unpaired) electrons. The Morgan fingerprint density at radius 3 is 2.74 bits per heavy atom. The minimum absolute atomic E-state index is 0.0279. The van der Waals surface area contributed by atoms with Crippen LogP contribution in [0.3, 0.4) is 0 Å². The third-order valence-corrected chi connectivity index (χ3v) is 6.05. The maximum absolute atomic E-state index is 13.2. The number of carbonyl (C=O) groups excluding carboxylic acids is 1. The van der Waals surface area contributed by atoms with Crippen molar-refractivity contribution in [3.05, 3.63) is 80.6 Å². The number of hydrogen-bond acceptors (Lipinski definition) is 3. The topological polar surface area (TPSA) is 33.2 Å². The van der Waals surface area contributed by atoms with Crippen LogP contribution < -0.4 is 4.90 Å². The molecule has 3 aromatic rings. The molecule has 0 saturated heterocycles. The van der Waals surface area contributed by atoms with Crippen LogP contribution in [-0.2, 0) is 12.8 Å². The summed E-state index contributed by atoms with van der Waals surface area (Å²) in [5.74, 6) is -0.218. The lowest BCUT2D eigenvalue weighted by Gasteiger charge is -2.29. The fraction of sp³-hybridized carbons (Fsp3) is 0.273. The van der Waals surface area contributed by atoms with Crippen LogP contribution in [0.5, 0.6) is 0 Å². The van der Waals surface area contributed by atoms with Crippen LogP contribution in [0.4, 0.5) is 10.1 Å². The number of aryl methyl sites for hydroxylation is 3. The lowest BCUT2D eigenvalue weighted by Crippen LogP contribution is -2.35. The zero-order chi connectivity index (χ0) is 19.0. The number of benzene rings is 2. The molecule has 0 unspecified atom stereocenters. The molecule has 0 atom stereocenters. The second-order valence-corrected chi connectivity index (χ2v) is 8.10. The highest BCUT2D eigenvalue weighted by Gasteiger charge is 2.26. The molecule has 27 heavy (non-hydrogen) atoms. The van der Waals surface area contributed by atoms with Crippen molar-refractivity contribution < 1.29 is 9.18 Å². The lowest BCUT2D eigenvalue weighted by atomic mass is 9.99. The number of amides is 1. The summed E-state index contributed by atoms with van der Waals surface area (Å²) in [7, 11) is 0. The molecule has 2 aromatic carbocycles. The molecular formula is C22H21FN2OS. The standard InChI is InChI=1S/C22H21FN2OS/c1-14-5-10-19-17(12-14)4-3-11-25(19)22(26)21-15(2)24-20(27-21)13-16-6-8-18(23)9-7-16/h5-10,12H,3-4,11,13H2,1-2H3. The molecule has 0 fully saturated rings. The summed E-state index contributed by atoms with van der Waals surface area (Å²) >= 11 is 1.44. The molecule has 0 bridgehead atoms. The van der Waals surface area contributed by atoms with Crippen LogP contribution in [-0.4, -0.2) is 17.4 Å². The highest BCUT2D eigenvalue weighted by molar-refractivity contribution is 7.14. The van der Waals surface area contributed by atoms with Crippen molar-refractivity contribution >= 4 is 22.9 Å². The predicted octanol–water partition coefficient (Wildman–Crippen LogP) is 5.08. The first-order chi connectivity index (χ1) is 13.0. The van der Waals surface area contributed by atoms with Crippen molar-refractivity contribution in [1.29, 1.82) is 0 Å². The van der Waals surface area contributed by atoms with Gasteiger partial charge in [-0.2, -0.15) is 0 Å². The van der Waals surface area contributed by atoms with E-state index in [4.69, 9.17) is 0 Å². The van der Waals surface area contributed by atoms with Crippen molar-refractivity contribution in [1.82, 2.24) is 4.98 Å². The normalized spacial score (nSPS) is 13.5. The van der Waals surface area contributed by atoms with Gasteiger partial charge in [-0.25, -0.2) is 9.37 Å². The minimum Gasteiger partial charge on any atom is -0.307 e. The summed E-state index contributed by atoms with van der Waals surface area (Å²) in [6, 6.07) is 12.7. The zero-order valence-electron chi connectivity index (χ0n) is 15.5. The molecule has 0 spiro atoms. The van der Waals surface area contributed by atoms with E-state index in [9.17, 15) is 9.18 Å². The van der Waals surface area contributed by atoms with E-state index in [0.29, 0.717) is 11.3 Å². The number of aromatic nitrogens is 1. The molecule has 0 aliphatic carbocycles. The number of anilines is 1. The Morgan fingerprint density at radius 1 is 1.19 bits per heavy atom. The molecule has 0 N–H and O–H groups in total. The van der Waals surface area contributed by atoms with E-state index in [-0.39, 0.29) is 11.7 Å². The van der Waals surface area contributed by atoms with Crippen molar-refractivity contribution in [2.24, 2.45) is 0 Å². The average Bonchev–Trinajstić information content (AvgIpc) is 3.02. The molecular weight excluding hydrogens is 359 g/mol. The summed E-state index contributed by atoms with van der Waals surface area (Å²) in [6.07, 6.45) is 2.59. The van der Waals surface area contributed by atoms with Crippen LogP contribution in [0.25, 0.3) is 0 Å². The molecule has 1 aliphatic rings. The van der Waals surface area contributed by atoms with Crippen LogP contribution in [0, 0.1) is 19.7 Å².